The predicted octanol–water partition coefficient (Wildman–Crippen LogP) is 2.84. The first-order valence-corrected chi connectivity index (χ1v) is 8.12. The van der Waals surface area contributed by atoms with Gasteiger partial charge >= 0.3 is 5.97 Å². The third-order valence-electron chi connectivity index (χ3n) is 3.38. The van der Waals surface area contributed by atoms with Crippen molar-refractivity contribution in [3.63, 3.8) is 0 Å². The molecule has 0 aliphatic rings. The fraction of sp³-hybridized carbons (Fsp3) is 0.533. The zero-order valence-electron chi connectivity index (χ0n) is 12.4. The average molecular weight is 308 g/mol. The van der Waals surface area contributed by atoms with E-state index in [-0.39, 0.29) is 12.0 Å². The van der Waals surface area contributed by atoms with E-state index in [9.17, 15) is 9.59 Å². The smallest absolute Gasteiger partial charge is 0.303 e. The Balaban J connectivity index is 2.44. The van der Waals surface area contributed by atoms with E-state index in [0.717, 1.165) is 34.8 Å². The van der Waals surface area contributed by atoms with Crippen LogP contribution < -0.4 is 5.56 Å². The monoisotopic (exact) mass is 308 g/mol. The van der Waals surface area contributed by atoms with E-state index in [1.54, 1.807) is 15.9 Å². The third kappa shape index (κ3) is 3.50. The summed E-state index contributed by atoms with van der Waals surface area (Å²) in [6, 6.07) is 1.92. The Bertz CT molecular complexity index is 703. The number of aliphatic carboxylic acids is 1. The molecule has 2 aromatic rings. The molecule has 0 saturated carbocycles. The van der Waals surface area contributed by atoms with Crippen molar-refractivity contribution < 1.29 is 9.90 Å². The van der Waals surface area contributed by atoms with E-state index in [2.05, 4.69) is 11.9 Å². The third-order valence-corrected chi connectivity index (χ3v) is 4.55. The molecule has 0 saturated heterocycles. The van der Waals surface area contributed by atoms with E-state index in [1.807, 2.05) is 13.0 Å². The van der Waals surface area contributed by atoms with Gasteiger partial charge in [0.1, 0.15) is 10.7 Å². The number of nitrogens with zero attached hydrogens (tertiary/aromatic N) is 2. The second kappa shape index (κ2) is 6.85. The molecule has 6 heteroatoms. The van der Waals surface area contributed by atoms with E-state index >= 15 is 0 Å². The van der Waals surface area contributed by atoms with Gasteiger partial charge in [0.25, 0.3) is 5.56 Å². The number of fused-ring (bicyclic) bond motifs is 1. The maximum Gasteiger partial charge on any atom is 0.303 e. The minimum absolute atomic E-state index is 0.0372. The van der Waals surface area contributed by atoms with Crippen molar-refractivity contribution in [1.29, 1.82) is 0 Å². The second-order valence-corrected chi connectivity index (χ2v) is 6.13. The van der Waals surface area contributed by atoms with Gasteiger partial charge in [-0.1, -0.05) is 13.8 Å². The van der Waals surface area contributed by atoms with Gasteiger partial charge in [0, 0.05) is 24.3 Å². The van der Waals surface area contributed by atoms with Crippen molar-refractivity contribution in [2.45, 2.75) is 52.5 Å². The summed E-state index contributed by atoms with van der Waals surface area (Å²) in [5.74, 6) is -0.0668. The van der Waals surface area contributed by atoms with Crippen molar-refractivity contribution in [1.82, 2.24) is 9.55 Å². The fourth-order valence-corrected chi connectivity index (χ4v) is 3.29. The van der Waals surface area contributed by atoms with Gasteiger partial charge in [0.05, 0.1) is 5.39 Å². The van der Waals surface area contributed by atoms with Gasteiger partial charge in [-0.15, -0.1) is 11.3 Å². The van der Waals surface area contributed by atoms with Crippen LogP contribution in [0.4, 0.5) is 0 Å². The topological polar surface area (TPSA) is 72.2 Å². The van der Waals surface area contributed by atoms with Crippen LogP contribution in [0.25, 0.3) is 10.2 Å². The minimum atomic E-state index is -0.835. The molecule has 0 radical (unpaired) electrons. The van der Waals surface area contributed by atoms with Gasteiger partial charge in [0.15, 0.2) is 0 Å². The quantitative estimate of drug-likeness (QED) is 0.853. The number of carboxylic acid groups (broad SMARTS) is 1. The van der Waals surface area contributed by atoms with Crippen molar-refractivity contribution in [3.8, 4) is 0 Å². The lowest BCUT2D eigenvalue weighted by Crippen LogP contribution is -2.25. The molecular formula is C15H20N2O3S. The predicted molar refractivity (Wildman–Crippen MR) is 84.1 cm³/mol. The van der Waals surface area contributed by atoms with Crippen LogP contribution in [-0.2, 0) is 24.2 Å². The first-order chi connectivity index (χ1) is 10.1. The van der Waals surface area contributed by atoms with E-state index in [4.69, 9.17) is 5.11 Å². The van der Waals surface area contributed by atoms with Gasteiger partial charge in [-0.25, -0.2) is 4.98 Å². The van der Waals surface area contributed by atoms with Gasteiger partial charge in [0.2, 0.25) is 0 Å². The number of aromatic nitrogens is 2. The molecule has 0 bridgehead atoms. The Morgan fingerprint density at radius 1 is 1.43 bits per heavy atom. The van der Waals surface area contributed by atoms with Crippen molar-refractivity contribution in [3.05, 3.63) is 27.1 Å². The molecule has 21 heavy (non-hydrogen) atoms. The molecule has 0 fully saturated rings. The van der Waals surface area contributed by atoms with Crippen LogP contribution in [0.15, 0.2) is 10.9 Å². The largest absolute Gasteiger partial charge is 0.481 e. The SMILES string of the molecule is CCCc1nc2sc(CC)cc2c(=O)n1CCCC(=O)O. The van der Waals surface area contributed by atoms with Crippen molar-refractivity contribution in [2.75, 3.05) is 0 Å². The highest BCUT2D eigenvalue weighted by atomic mass is 32.1. The molecule has 2 rings (SSSR count). The van der Waals surface area contributed by atoms with Crippen LogP contribution in [0, 0.1) is 0 Å². The van der Waals surface area contributed by atoms with E-state index in [1.165, 1.54) is 0 Å². The molecule has 0 unspecified atom stereocenters. The highest BCUT2D eigenvalue weighted by Crippen LogP contribution is 2.22. The summed E-state index contributed by atoms with van der Waals surface area (Å²) in [6.07, 6.45) is 3.05. The molecule has 1 N–H and O–H groups in total. The normalized spacial score (nSPS) is 11.1. The molecule has 2 heterocycles. The lowest BCUT2D eigenvalue weighted by Gasteiger charge is -2.11. The first kappa shape index (κ1) is 15.7. The highest BCUT2D eigenvalue weighted by Gasteiger charge is 2.13. The summed E-state index contributed by atoms with van der Waals surface area (Å²) < 4.78 is 1.65. The molecule has 114 valence electrons. The number of carboxylic acids is 1. The van der Waals surface area contributed by atoms with Crippen LogP contribution in [0.5, 0.6) is 0 Å². The van der Waals surface area contributed by atoms with Gasteiger partial charge in [-0.3, -0.25) is 14.2 Å². The Hall–Kier alpha value is -1.69. The van der Waals surface area contributed by atoms with Crippen LogP contribution in [0.1, 0.15) is 43.8 Å². The van der Waals surface area contributed by atoms with Crippen LogP contribution in [0.3, 0.4) is 0 Å². The van der Waals surface area contributed by atoms with Gasteiger partial charge in [-0.2, -0.15) is 0 Å². The Morgan fingerprint density at radius 3 is 2.81 bits per heavy atom. The lowest BCUT2D eigenvalue weighted by molar-refractivity contribution is -0.137. The van der Waals surface area contributed by atoms with Crippen molar-refractivity contribution in [2.24, 2.45) is 0 Å². The van der Waals surface area contributed by atoms with E-state index in [0.29, 0.717) is 18.4 Å². The maximum atomic E-state index is 12.6. The zero-order chi connectivity index (χ0) is 15.4. The summed E-state index contributed by atoms with van der Waals surface area (Å²) >= 11 is 1.57. The first-order valence-electron chi connectivity index (χ1n) is 7.30. The molecule has 0 amide bonds. The summed E-state index contributed by atoms with van der Waals surface area (Å²) in [5.41, 5.74) is -0.0372. The Morgan fingerprint density at radius 2 is 2.19 bits per heavy atom. The number of carbonyl (C=O) groups is 1. The van der Waals surface area contributed by atoms with Crippen LogP contribution in [0.2, 0.25) is 0 Å². The molecule has 0 spiro atoms. The zero-order valence-corrected chi connectivity index (χ0v) is 13.2. The number of aryl methyl sites for hydroxylation is 2. The number of hydrogen-bond acceptors (Lipinski definition) is 4. The summed E-state index contributed by atoms with van der Waals surface area (Å²) in [6.45, 7) is 4.52. The summed E-state index contributed by atoms with van der Waals surface area (Å²) in [7, 11) is 0. The van der Waals surface area contributed by atoms with Crippen LogP contribution in [-0.4, -0.2) is 20.6 Å². The molecule has 0 aromatic carbocycles. The molecule has 0 aliphatic carbocycles. The van der Waals surface area contributed by atoms with Gasteiger partial charge < -0.3 is 5.11 Å². The Labute approximate surface area is 127 Å². The molecule has 5 nitrogen and oxygen atoms in total. The molecule has 2 aromatic heterocycles. The molecular weight excluding hydrogens is 288 g/mol. The second-order valence-electron chi connectivity index (χ2n) is 5.02. The highest BCUT2D eigenvalue weighted by molar-refractivity contribution is 7.18. The average Bonchev–Trinajstić information content (AvgIpc) is 2.85. The number of thiophene rings is 1. The maximum absolute atomic E-state index is 12.6. The van der Waals surface area contributed by atoms with Crippen molar-refractivity contribution >= 4 is 27.5 Å². The number of hydrogen-bond donors (Lipinski definition) is 1. The lowest BCUT2D eigenvalue weighted by atomic mass is 10.2. The Kier molecular flexibility index (Phi) is 5.12. The fourth-order valence-electron chi connectivity index (χ4n) is 2.32. The van der Waals surface area contributed by atoms with E-state index < -0.39 is 5.97 Å². The molecule has 0 aliphatic heterocycles. The summed E-state index contributed by atoms with van der Waals surface area (Å²) in [4.78, 5) is 29.8. The number of rotatable bonds is 7. The minimum Gasteiger partial charge on any atom is -0.481 e. The van der Waals surface area contributed by atoms with Gasteiger partial charge in [-0.05, 0) is 25.3 Å². The molecule has 0 atom stereocenters. The van der Waals surface area contributed by atoms with Crippen LogP contribution >= 0.6 is 11.3 Å². The summed E-state index contributed by atoms with van der Waals surface area (Å²) in [5, 5.41) is 9.40. The standard InChI is InChI=1S/C15H20N2O3S/c1-3-6-12-16-14-11(9-10(4-2)21-14)15(20)17(12)8-5-7-13(18)19/h9H,3-8H2,1-2H3,(H,18,19).